The molecule has 17 heavy (non-hydrogen) atoms. The van der Waals surface area contributed by atoms with Gasteiger partial charge in [-0.3, -0.25) is 10.1 Å². The molecule has 1 aliphatic rings. The van der Waals surface area contributed by atoms with E-state index in [-0.39, 0.29) is 0 Å². The standard InChI is InChI=1S/C11H12BrN3O2/c12-10-3-1-9(2-4-10)7-14-6-5-13-11(14)8-15(16)17/h1-4,8,13H,5-7H2. The van der Waals surface area contributed by atoms with Gasteiger partial charge in [-0.2, -0.15) is 0 Å². The number of hydrogen-bond donors (Lipinski definition) is 1. The summed E-state index contributed by atoms with van der Waals surface area (Å²) >= 11 is 3.38. The van der Waals surface area contributed by atoms with E-state index in [0.717, 1.165) is 29.3 Å². The second-order valence-corrected chi connectivity index (χ2v) is 4.69. The van der Waals surface area contributed by atoms with Crippen LogP contribution in [0.1, 0.15) is 5.56 Å². The Kier molecular flexibility index (Phi) is 3.63. The first-order valence-electron chi connectivity index (χ1n) is 5.24. The van der Waals surface area contributed by atoms with Crippen molar-refractivity contribution in [3.63, 3.8) is 0 Å². The summed E-state index contributed by atoms with van der Waals surface area (Å²) in [6, 6.07) is 7.95. The molecule has 0 amide bonds. The molecule has 0 bridgehead atoms. The highest BCUT2D eigenvalue weighted by atomic mass is 79.9. The maximum absolute atomic E-state index is 10.5. The Morgan fingerprint density at radius 1 is 1.47 bits per heavy atom. The van der Waals surface area contributed by atoms with Gasteiger partial charge in [0.2, 0.25) is 0 Å². The largest absolute Gasteiger partial charge is 0.365 e. The fourth-order valence-electron chi connectivity index (χ4n) is 1.75. The van der Waals surface area contributed by atoms with E-state index in [9.17, 15) is 10.1 Å². The summed E-state index contributed by atoms with van der Waals surface area (Å²) in [6.07, 6.45) is 1.02. The molecule has 6 heteroatoms. The van der Waals surface area contributed by atoms with Crippen LogP contribution >= 0.6 is 15.9 Å². The summed E-state index contributed by atoms with van der Waals surface area (Å²) in [4.78, 5) is 12.0. The van der Waals surface area contributed by atoms with Crippen LogP contribution < -0.4 is 5.32 Å². The molecule has 1 fully saturated rings. The molecule has 90 valence electrons. The van der Waals surface area contributed by atoms with Crippen molar-refractivity contribution in [1.29, 1.82) is 0 Å². The molecule has 1 heterocycles. The zero-order valence-corrected chi connectivity index (χ0v) is 10.7. The SMILES string of the molecule is O=[N+]([O-])C=C1NCCN1Cc1ccc(Br)cc1. The second kappa shape index (κ2) is 5.18. The molecule has 2 rings (SSSR count). The Hall–Kier alpha value is -1.56. The summed E-state index contributed by atoms with van der Waals surface area (Å²) < 4.78 is 1.03. The molecule has 0 aliphatic carbocycles. The van der Waals surface area contributed by atoms with Crippen LogP contribution in [0.15, 0.2) is 40.8 Å². The van der Waals surface area contributed by atoms with Crippen LogP contribution in [0.5, 0.6) is 0 Å². The second-order valence-electron chi connectivity index (χ2n) is 3.77. The van der Waals surface area contributed by atoms with Gasteiger partial charge in [0.05, 0.1) is 4.92 Å². The van der Waals surface area contributed by atoms with Crippen molar-refractivity contribution in [3.05, 3.63) is 56.4 Å². The molecular formula is C11H12BrN3O2. The average molecular weight is 298 g/mol. The maximum atomic E-state index is 10.5. The summed E-state index contributed by atoms with van der Waals surface area (Å²) in [5.41, 5.74) is 1.13. The van der Waals surface area contributed by atoms with E-state index in [2.05, 4.69) is 21.2 Å². The number of hydrogen-bond acceptors (Lipinski definition) is 4. The molecule has 0 spiro atoms. The van der Waals surface area contributed by atoms with Crippen molar-refractivity contribution in [2.75, 3.05) is 13.1 Å². The third-order valence-electron chi connectivity index (χ3n) is 2.54. The van der Waals surface area contributed by atoms with E-state index in [1.165, 1.54) is 0 Å². The van der Waals surface area contributed by atoms with Crippen LogP contribution in [-0.4, -0.2) is 22.9 Å². The van der Waals surface area contributed by atoms with E-state index in [1.807, 2.05) is 29.2 Å². The third-order valence-corrected chi connectivity index (χ3v) is 3.07. The maximum Gasteiger partial charge on any atom is 0.274 e. The molecular weight excluding hydrogens is 286 g/mol. The lowest BCUT2D eigenvalue weighted by molar-refractivity contribution is -0.404. The van der Waals surface area contributed by atoms with Gasteiger partial charge in [0.25, 0.3) is 6.20 Å². The predicted octanol–water partition coefficient (Wildman–Crippen LogP) is 1.93. The Morgan fingerprint density at radius 3 is 2.82 bits per heavy atom. The summed E-state index contributed by atoms with van der Waals surface area (Å²) in [5, 5.41) is 13.5. The lowest BCUT2D eigenvalue weighted by atomic mass is 10.2. The zero-order valence-electron chi connectivity index (χ0n) is 9.10. The fourth-order valence-corrected chi connectivity index (χ4v) is 2.02. The molecule has 0 unspecified atom stereocenters. The minimum atomic E-state index is -0.428. The topological polar surface area (TPSA) is 58.4 Å². The number of halogens is 1. The van der Waals surface area contributed by atoms with E-state index >= 15 is 0 Å². The van der Waals surface area contributed by atoms with E-state index in [4.69, 9.17) is 0 Å². The molecule has 0 saturated carbocycles. The Labute approximate surface area is 107 Å². The van der Waals surface area contributed by atoms with Crippen molar-refractivity contribution >= 4 is 15.9 Å². The minimum Gasteiger partial charge on any atom is -0.365 e. The quantitative estimate of drug-likeness (QED) is 0.684. The number of rotatable bonds is 3. The van der Waals surface area contributed by atoms with Gasteiger partial charge in [0.15, 0.2) is 5.82 Å². The van der Waals surface area contributed by atoms with Crippen molar-refractivity contribution in [3.8, 4) is 0 Å². The van der Waals surface area contributed by atoms with Crippen LogP contribution in [-0.2, 0) is 6.54 Å². The lowest BCUT2D eigenvalue weighted by Gasteiger charge is -2.17. The monoisotopic (exact) mass is 297 g/mol. The molecule has 1 N–H and O–H groups in total. The first-order valence-corrected chi connectivity index (χ1v) is 6.03. The summed E-state index contributed by atoms with van der Waals surface area (Å²) in [7, 11) is 0. The number of nitrogens with zero attached hydrogens (tertiary/aromatic N) is 2. The first-order chi connectivity index (χ1) is 8.15. The van der Waals surface area contributed by atoms with E-state index in [1.54, 1.807) is 0 Å². The van der Waals surface area contributed by atoms with Crippen molar-refractivity contribution in [2.24, 2.45) is 0 Å². The Balaban J connectivity index is 2.07. The molecule has 1 saturated heterocycles. The van der Waals surface area contributed by atoms with E-state index < -0.39 is 4.92 Å². The molecule has 1 aromatic rings. The van der Waals surface area contributed by atoms with Gasteiger partial charge in [0, 0.05) is 24.1 Å². The highest BCUT2D eigenvalue weighted by Crippen LogP contribution is 2.15. The summed E-state index contributed by atoms with van der Waals surface area (Å²) in [5.74, 6) is 0.581. The Bertz CT molecular complexity index is 445. The smallest absolute Gasteiger partial charge is 0.274 e. The van der Waals surface area contributed by atoms with Crippen LogP contribution in [0.2, 0.25) is 0 Å². The molecule has 5 nitrogen and oxygen atoms in total. The van der Waals surface area contributed by atoms with Gasteiger partial charge in [-0.25, -0.2) is 0 Å². The third kappa shape index (κ3) is 3.20. The van der Waals surface area contributed by atoms with Crippen molar-refractivity contribution in [2.45, 2.75) is 6.54 Å². The zero-order chi connectivity index (χ0) is 12.3. The highest BCUT2D eigenvalue weighted by Gasteiger charge is 2.19. The first kappa shape index (κ1) is 11.9. The van der Waals surface area contributed by atoms with Crippen LogP contribution in [0, 0.1) is 10.1 Å². The number of nitro groups is 1. The van der Waals surface area contributed by atoms with Crippen molar-refractivity contribution < 1.29 is 4.92 Å². The molecule has 0 radical (unpaired) electrons. The van der Waals surface area contributed by atoms with Gasteiger partial charge in [-0.05, 0) is 17.7 Å². The molecule has 1 aliphatic heterocycles. The Morgan fingerprint density at radius 2 is 2.18 bits per heavy atom. The summed E-state index contributed by atoms with van der Waals surface area (Å²) in [6.45, 7) is 2.21. The average Bonchev–Trinajstić information content (AvgIpc) is 2.68. The van der Waals surface area contributed by atoms with Crippen LogP contribution in [0.25, 0.3) is 0 Å². The van der Waals surface area contributed by atoms with Gasteiger partial charge in [-0.1, -0.05) is 28.1 Å². The van der Waals surface area contributed by atoms with Gasteiger partial charge in [0.1, 0.15) is 0 Å². The van der Waals surface area contributed by atoms with Gasteiger partial charge < -0.3 is 10.2 Å². The van der Waals surface area contributed by atoms with Crippen LogP contribution in [0.4, 0.5) is 0 Å². The molecule has 1 aromatic carbocycles. The van der Waals surface area contributed by atoms with Crippen LogP contribution in [0.3, 0.4) is 0 Å². The lowest BCUT2D eigenvalue weighted by Crippen LogP contribution is -2.20. The normalized spacial score (nSPS) is 17.2. The minimum absolute atomic E-state index is 0.428. The number of benzene rings is 1. The number of nitrogens with one attached hydrogen (secondary N) is 1. The highest BCUT2D eigenvalue weighted by molar-refractivity contribution is 9.10. The van der Waals surface area contributed by atoms with Gasteiger partial charge in [-0.15, -0.1) is 0 Å². The van der Waals surface area contributed by atoms with Gasteiger partial charge >= 0.3 is 0 Å². The fraction of sp³-hybridized carbons (Fsp3) is 0.273. The molecule has 0 aromatic heterocycles. The van der Waals surface area contributed by atoms with E-state index in [0.29, 0.717) is 12.4 Å². The molecule has 0 atom stereocenters. The predicted molar refractivity (Wildman–Crippen MR) is 67.6 cm³/mol. The van der Waals surface area contributed by atoms with Crippen molar-refractivity contribution in [1.82, 2.24) is 10.2 Å².